The summed E-state index contributed by atoms with van der Waals surface area (Å²) >= 11 is 10.8. The van der Waals surface area contributed by atoms with E-state index in [-0.39, 0.29) is 15.4 Å². The van der Waals surface area contributed by atoms with Gasteiger partial charge in [-0.3, -0.25) is 0 Å². The lowest BCUT2D eigenvalue weighted by molar-refractivity contribution is -0.137. The molecule has 2 rings (SSSR count). The Morgan fingerprint density at radius 2 is 1.90 bits per heavy atom. The summed E-state index contributed by atoms with van der Waals surface area (Å²) in [5, 5.41) is 9.10. The van der Waals surface area contributed by atoms with Gasteiger partial charge in [-0.05, 0) is 12.1 Å². The quantitative estimate of drug-likeness (QED) is 0.756. The molecular formula is C13H6ClF3N2S. The highest BCUT2D eigenvalue weighted by Crippen LogP contribution is 2.35. The Morgan fingerprint density at radius 3 is 2.45 bits per heavy atom. The molecule has 1 aromatic carbocycles. The van der Waals surface area contributed by atoms with Gasteiger partial charge < -0.3 is 4.98 Å². The van der Waals surface area contributed by atoms with Crippen LogP contribution in [0.2, 0.25) is 5.02 Å². The minimum Gasteiger partial charge on any atom is -0.345 e. The Hall–Kier alpha value is -1.84. The molecule has 0 spiro atoms. The maximum absolute atomic E-state index is 13.0. The van der Waals surface area contributed by atoms with Crippen molar-refractivity contribution in [2.24, 2.45) is 0 Å². The lowest BCUT2D eigenvalue weighted by Crippen LogP contribution is -2.09. The normalized spacial score (nSPS) is 11.2. The molecule has 0 saturated heterocycles. The minimum absolute atomic E-state index is 0.118. The highest BCUT2D eigenvalue weighted by Gasteiger charge is 2.35. The maximum Gasteiger partial charge on any atom is 0.417 e. The number of rotatable bonds is 1. The average Bonchev–Trinajstić information content (AvgIpc) is 2.37. The van der Waals surface area contributed by atoms with Crippen LogP contribution in [0.4, 0.5) is 13.2 Å². The number of halogens is 4. The summed E-state index contributed by atoms with van der Waals surface area (Å²) in [5.74, 6) is 0. The van der Waals surface area contributed by atoms with Crippen LogP contribution in [0.15, 0.2) is 30.3 Å². The van der Waals surface area contributed by atoms with E-state index in [9.17, 15) is 13.2 Å². The zero-order chi connectivity index (χ0) is 14.9. The molecule has 0 saturated carbocycles. The highest BCUT2D eigenvalue weighted by atomic mass is 35.5. The number of alkyl halides is 3. The second-order valence-electron chi connectivity index (χ2n) is 3.89. The van der Waals surface area contributed by atoms with Crippen molar-refractivity contribution in [3.8, 4) is 17.3 Å². The van der Waals surface area contributed by atoms with Crippen LogP contribution in [0.3, 0.4) is 0 Å². The molecular weight excluding hydrogens is 309 g/mol. The van der Waals surface area contributed by atoms with Gasteiger partial charge in [0.05, 0.1) is 11.1 Å². The number of aromatic nitrogens is 1. The second-order valence-corrected chi connectivity index (χ2v) is 4.71. The number of nitrogens with zero attached hydrogens (tertiary/aromatic N) is 1. The van der Waals surface area contributed by atoms with Crippen molar-refractivity contribution in [1.82, 2.24) is 4.98 Å². The largest absolute Gasteiger partial charge is 0.417 e. The number of aromatic amines is 1. The summed E-state index contributed by atoms with van der Waals surface area (Å²) in [7, 11) is 0. The van der Waals surface area contributed by atoms with E-state index < -0.39 is 17.3 Å². The van der Waals surface area contributed by atoms with E-state index in [0.717, 1.165) is 6.07 Å². The predicted octanol–water partition coefficient (Wildman–Crippen LogP) is 4.96. The Bertz CT molecular complexity index is 759. The monoisotopic (exact) mass is 314 g/mol. The number of nitrogens with one attached hydrogen (secondary N) is 1. The molecule has 0 unspecified atom stereocenters. The van der Waals surface area contributed by atoms with E-state index in [1.165, 1.54) is 6.07 Å². The van der Waals surface area contributed by atoms with Crippen molar-refractivity contribution in [1.29, 1.82) is 5.26 Å². The summed E-state index contributed by atoms with van der Waals surface area (Å²) in [6.45, 7) is 0. The van der Waals surface area contributed by atoms with Crippen LogP contribution in [0.5, 0.6) is 0 Å². The summed E-state index contributed by atoms with van der Waals surface area (Å²) in [5.41, 5.74) is -1.16. The number of hydrogen-bond acceptors (Lipinski definition) is 2. The summed E-state index contributed by atoms with van der Waals surface area (Å²) in [4.78, 5) is 2.60. The summed E-state index contributed by atoms with van der Waals surface area (Å²) in [6, 6.07) is 8.74. The van der Waals surface area contributed by atoms with Gasteiger partial charge in [0.1, 0.15) is 10.7 Å². The van der Waals surface area contributed by atoms with Crippen molar-refractivity contribution < 1.29 is 13.2 Å². The first-order valence-corrected chi connectivity index (χ1v) is 6.12. The van der Waals surface area contributed by atoms with Crippen LogP contribution in [0.1, 0.15) is 11.1 Å². The van der Waals surface area contributed by atoms with E-state index in [2.05, 4.69) is 4.98 Å². The minimum atomic E-state index is -4.66. The number of hydrogen-bond donors (Lipinski definition) is 1. The van der Waals surface area contributed by atoms with Crippen LogP contribution >= 0.6 is 23.8 Å². The first kappa shape index (κ1) is 14.6. The fourth-order valence-electron chi connectivity index (χ4n) is 1.72. The zero-order valence-electron chi connectivity index (χ0n) is 9.75. The van der Waals surface area contributed by atoms with Gasteiger partial charge in [0.2, 0.25) is 0 Å². The Balaban J connectivity index is 2.77. The van der Waals surface area contributed by atoms with Crippen LogP contribution in [-0.4, -0.2) is 4.98 Å². The number of nitriles is 1. The molecule has 0 aliphatic heterocycles. The molecule has 20 heavy (non-hydrogen) atoms. The van der Waals surface area contributed by atoms with E-state index in [0.29, 0.717) is 5.56 Å². The molecule has 1 aromatic heterocycles. The number of benzene rings is 1. The Morgan fingerprint density at radius 1 is 1.25 bits per heavy atom. The van der Waals surface area contributed by atoms with Gasteiger partial charge in [0.15, 0.2) is 0 Å². The molecule has 1 N–H and O–H groups in total. The highest BCUT2D eigenvalue weighted by molar-refractivity contribution is 7.71. The second kappa shape index (κ2) is 5.27. The van der Waals surface area contributed by atoms with E-state index >= 15 is 0 Å². The first-order chi connectivity index (χ1) is 9.34. The molecule has 0 aliphatic rings. The van der Waals surface area contributed by atoms with Gasteiger partial charge >= 0.3 is 6.18 Å². The molecule has 1 heterocycles. The third-order valence-corrected chi connectivity index (χ3v) is 3.25. The Labute approximate surface area is 122 Å². The van der Waals surface area contributed by atoms with E-state index in [1.807, 2.05) is 0 Å². The standard InChI is InChI=1S/C13H6ClF3N2S/c14-10-4-2-1-3-7(10)11-5-9(13(15,16)17)8(6-18)12(20)19-11/h1-5H,(H,19,20). The molecule has 102 valence electrons. The van der Waals surface area contributed by atoms with Gasteiger partial charge in [-0.2, -0.15) is 18.4 Å². The molecule has 0 radical (unpaired) electrons. The summed E-state index contributed by atoms with van der Waals surface area (Å²) < 4.78 is 38.6. The van der Waals surface area contributed by atoms with Gasteiger partial charge in [0.25, 0.3) is 0 Å². The van der Waals surface area contributed by atoms with Crippen LogP contribution in [0, 0.1) is 16.0 Å². The lowest BCUT2D eigenvalue weighted by Gasteiger charge is -2.12. The number of H-pyrrole nitrogens is 1. The van der Waals surface area contributed by atoms with Crippen LogP contribution in [-0.2, 0) is 6.18 Å². The van der Waals surface area contributed by atoms with Crippen LogP contribution in [0.25, 0.3) is 11.3 Å². The molecule has 0 aliphatic carbocycles. The van der Waals surface area contributed by atoms with Gasteiger partial charge in [-0.15, -0.1) is 0 Å². The van der Waals surface area contributed by atoms with Crippen LogP contribution < -0.4 is 0 Å². The van der Waals surface area contributed by atoms with Crippen molar-refractivity contribution in [3.63, 3.8) is 0 Å². The SMILES string of the molecule is N#Cc1c(C(F)(F)F)cc(-c2ccccc2Cl)[nH]c1=S. The third-order valence-electron chi connectivity index (χ3n) is 2.61. The zero-order valence-corrected chi connectivity index (χ0v) is 11.3. The first-order valence-electron chi connectivity index (χ1n) is 5.34. The molecule has 0 atom stereocenters. The smallest absolute Gasteiger partial charge is 0.345 e. The van der Waals surface area contributed by atoms with E-state index in [1.54, 1.807) is 24.3 Å². The van der Waals surface area contributed by atoms with Gasteiger partial charge in [-0.1, -0.05) is 42.0 Å². The van der Waals surface area contributed by atoms with Crippen molar-refractivity contribution in [3.05, 3.63) is 51.1 Å². The fourth-order valence-corrected chi connectivity index (χ4v) is 2.22. The number of pyridine rings is 1. The lowest BCUT2D eigenvalue weighted by atomic mass is 10.1. The molecule has 0 bridgehead atoms. The van der Waals surface area contributed by atoms with Crippen molar-refractivity contribution in [2.45, 2.75) is 6.18 Å². The predicted molar refractivity (Wildman–Crippen MR) is 71.8 cm³/mol. The molecule has 7 heteroatoms. The summed E-state index contributed by atoms with van der Waals surface area (Å²) in [6.07, 6.45) is -4.66. The topological polar surface area (TPSA) is 39.6 Å². The Kier molecular flexibility index (Phi) is 3.84. The molecule has 0 amide bonds. The molecule has 2 nitrogen and oxygen atoms in total. The van der Waals surface area contributed by atoms with Gasteiger partial charge in [-0.25, -0.2) is 0 Å². The maximum atomic E-state index is 13.0. The third kappa shape index (κ3) is 2.69. The average molecular weight is 315 g/mol. The van der Waals surface area contributed by atoms with Gasteiger partial charge in [0, 0.05) is 16.3 Å². The van der Waals surface area contributed by atoms with Crippen molar-refractivity contribution in [2.75, 3.05) is 0 Å². The van der Waals surface area contributed by atoms with Crippen molar-refractivity contribution >= 4 is 23.8 Å². The molecule has 0 fully saturated rings. The fraction of sp³-hybridized carbons (Fsp3) is 0.0769. The molecule has 2 aromatic rings. The van der Waals surface area contributed by atoms with E-state index in [4.69, 9.17) is 29.1 Å².